The molecule has 0 bridgehead atoms. The Morgan fingerprint density at radius 2 is 2.00 bits per heavy atom. The lowest BCUT2D eigenvalue weighted by Gasteiger charge is -2.12. The van der Waals surface area contributed by atoms with Crippen LogP contribution in [0, 0.1) is 5.82 Å². The van der Waals surface area contributed by atoms with E-state index in [-0.39, 0.29) is 18.3 Å². The molecule has 0 saturated carbocycles. The lowest BCUT2D eigenvalue weighted by molar-refractivity contribution is -0.127. The molecule has 0 fully saturated rings. The van der Waals surface area contributed by atoms with E-state index in [0.29, 0.717) is 31.0 Å². The van der Waals surface area contributed by atoms with Crippen molar-refractivity contribution in [1.29, 1.82) is 0 Å². The molecule has 2 N–H and O–H groups in total. The molecule has 1 amide bonds. The number of amides is 1. The minimum Gasteiger partial charge on any atom is -0.357 e. The van der Waals surface area contributed by atoms with E-state index in [2.05, 4.69) is 15.6 Å². The van der Waals surface area contributed by atoms with E-state index >= 15 is 0 Å². The number of carbonyl (C=O) groups excluding carboxylic acids is 1. The van der Waals surface area contributed by atoms with Crippen LogP contribution in [0.2, 0.25) is 0 Å². The van der Waals surface area contributed by atoms with Crippen LogP contribution in [-0.2, 0) is 11.2 Å². The molecule has 0 aliphatic carbocycles. The highest BCUT2D eigenvalue weighted by atomic mass is 19.1. The van der Waals surface area contributed by atoms with Crippen molar-refractivity contribution in [3.63, 3.8) is 0 Å². The van der Waals surface area contributed by atoms with E-state index in [1.807, 2.05) is 13.0 Å². The van der Waals surface area contributed by atoms with Crippen LogP contribution in [0.15, 0.2) is 29.3 Å². The van der Waals surface area contributed by atoms with Gasteiger partial charge in [0.05, 0.1) is 0 Å². The number of guanidine groups is 1. The molecule has 1 rings (SSSR count). The van der Waals surface area contributed by atoms with Crippen LogP contribution in [-0.4, -0.2) is 50.5 Å². The van der Waals surface area contributed by atoms with Gasteiger partial charge in [0, 0.05) is 27.2 Å². The number of hydrogen-bond acceptors (Lipinski definition) is 2. The van der Waals surface area contributed by atoms with Gasteiger partial charge in [0.2, 0.25) is 5.91 Å². The third kappa shape index (κ3) is 6.25. The maximum absolute atomic E-state index is 13.5. The standard InChI is InChI=1S/C15H23FN4O/c1-4-17-15(19-11-14(21)20(2)3)18-10-9-12-7-5-6-8-13(12)16/h5-8H,4,9-11H2,1-3H3,(H2,17,18,19). The van der Waals surface area contributed by atoms with Crippen molar-refractivity contribution in [1.82, 2.24) is 15.5 Å². The van der Waals surface area contributed by atoms with Crippen molar-refractivity contribution in [2.45, 2.75) is 13.3 Å². The van der Waals surface area contributed by atoms with Crippen LogP contribution < -0.4 is 10.6 Å². The Morgan fingerprint density at radius 3 is 2.62 bits per heavy atom. The Labute approximate surface area is 125 Å². The van der Waals surface area contributed by atoms with E-state index in [9.17, 15) is 9.18 Å². The molecule has 0 atom stereocenters. The second-order valence-electron chi connectivity index (χ2n) is 4.75. The number of rotatable bonds is 6. The fourth-order valence-electron chi connectivity index (χ4n) is 1.65. The van der Waals surface area contributed by atoms with Crippen molar-refractivity contribution in [3.05, 3.63) is 35.6 Å². The normalized spacial score (nSPS) is 11.1. The van der Waals surface area contributed by atoms with E-state index < -0.39 is 0 Å². The average molecular weight is 294 g/mol. The van der Waals surface area contributed by atoms with E-state index in [1.54, 1.807) is 26.2 Å². The molecule has 0 aromatic heterocycles. The first-order chi connectivity index (χ1) is 10.0. The third-order valence-corrected chi connectivity index (χ3v) is 2.86. The summed E-state index contributed by atoms with van der Waals surface area (Å²) in [5, 5.41) is 6.14. The first-order valence-electron chi connectivity index (χ1n) is 7.00. The molecule has 21 heavy (non-hydrogen) atoms. The molecule has 0 radical (unpaired) electrons. The summed E-state index contributed by atoms with van der Waals surface area (Å²) < 4.78 is 13.5. The van der Waals surface area contributed by atoms with E-state index in [0.717, 1.165) is 0 Å². The molecule has 5 nitrogen and oxygen atoms in total. The fraction of sp³-hybridized carbons (Fsp3) is 0.467. The summed E-state index contributed by atoms with van der Waals surface area (Å²) in [5.74, 6) is 0.286. The van der Waals surface area contributed by atoms with Gasteiger partial charge in [0.25, 0.3) is 0 Å². The summed E-state index contributed by atoms with van der Waals surface area (Å²) in [6.07, 6.45) is 0.554. The molecule has 6 heteroatoms. The summed E-state index contributed by atoms with van der Waals surface area (Å²) in [7, 11) is 3.38. The minimum absolute atomic E-state index is 0.0682. The zero-order valence-corrected chi connectivity index (χ0v) is 12.8. The first kappa shape index (κ1) is 16.9. The highest BCUT2D eigenvalue weighted by molar-refractivity contribution is 5.84. The van der Waals surface area contributed by atoms with Crippen LogP contribution in [0.5, 0.6) is 0 Å². The third-order valence-electron chi connectivity index (χ3n) is 2.86. The molecule has 0 spiro atoms. The molecule has 0 aliphatic heterocycles. The van der Waals surface area contributed by atoms with Crippen molar-refractivity contribution in [2.75, 3.05) is 33.7 Å². The van der Waals surface area contributed by atoms with Gasteiger partial charge >= 0.3 is 0 Å². The van der Waals surface area contributed by atoms with Crippen molar-refractivity contribution in [2.24, 2.45) is 4.99 Å². The Balaban J connectivity index is 2.49. The Morgan fingerprint density at radius 1 is 1.29 bits per heavy atom. The monoisotopic (exact) mass is 294 g/mol. The molecule has 0 heterocycles. The second-order valence-corrected chi connectivity index (χ2v) is 4.75. The summed E-state index contributed by atoms with van der Waals surface area (Å²) >= 11 is 0. The van der Waals surface area contributed by atoms with E-state index in [1.165, 1.54) is 11.0 Å². The van der Waals surface area contributed by atoms with Gasteiger partial charge in [0.1, 0.15) is 12.4 Å². The lowest BCUT2D eigenvalue weighted by Crippen LogP contribution is -2.39. The smallest absolute Gasteiger partial charge is 0.243 e. The number of likely N-dealkylation sites (N-methyl/N-ethyl adjacent to an activating group) is 1. The average Bonchev–Trinajstić information content (AvgIpc) is 2.46. The maximum Gasteiger partial charge on any atom is 0.243 e. The molecule has 0 unspecified atom stereocenters. The lowest BCUT2D eigenvalue weighted by atomic mass is 10.1. The second kappa shape index (κ2) is 8.94. The first-order valence-corrected chi connectivity index (χ1v) is 7.00. The zero-order valence-electron chi connectivity index (χ0n) is 12.8. The molecule has 0 aliphatic rings. The zero-order chi connectivity index (χ0) is 15.7. The summed E-state index contributed by atoms with van der Waals surface area (Å²) in [6, 6.07) is 6.69. The number of carbonyl (C=O) groups is 1. The van der Waals surface area contributed by atoms with Gasteiger partial charge in [-0.3, -0.25) is 4.79 Å². The highest BCUT2D eigenvalue weighted by Gasteiger charge is 2.04. The topological polar surface area (TPSA) is 56.7 Å². The molecular weight excluding hydrogens is 271 g/mol. The molecule has 1 aromatic carbocycles. The Kier molecular flexibility index (Phi) is 7.21. The predicted octanol–water partition coefficient (Wildman–Crippen LogP) is 1.01. The summed E-state index contributed by atoms with van der Waals surface area (Å²) in [4.78, 5) is 17.2. The SMILES string of the molecule is CCNC(=NCC(=O)N(C)C)NCCc1ccccc1F. The van der Waals surface area contributed by atoms with Crippen LogP contribution in [0.4, 0.5) is 4.39 Å². The van der Waals surface area contributed by atoms with Gasteiger partial charge in [-0.15, -0.1) is 0 Å². The van der Waals surface area contributed by atoms with Crippen LogP contribution in [0.1, 0.15) is 12.5 Å². The van der Waals surface area contributed by atoms with E-state index in [4.69, 9.17) is 0 Å². The number of aliphatic imine (C=N–C) groups is 1. The summed E-state index contributed by atoms with van der Waals surface area (Å²) in [6.45, 7) is 3.27. The van der Waals surface area contributed by atoms with Crippen molar-refractivity contribution in [3.8, 4) is 0 Å². The number of benzene rings is 1. The Bertz CT molecular complexity index is 488. The molecule has 1 aromatic rings. The van der Waals surface area contributed by atoms with Gasteiger partial charge in [0.15, 0.2) is 5.96 Å². The van der Waals surface area contributed by atoms with Gasteiger partial charge in [-0.05, 0) is 25.0 Å². The highest BCUT2D eigenvalue weighted by Crippen LogP contribution is 2.05. The fourth-order valence-corrected chi connectivity index (χ4v) is 1.65. The van der Waals surface area contributed by atoms with Gasteiger partial charge < -0.3 is 15.5 Å². The molecular formula is C15H23FN4O. The summed E-state index contributed by atoms with van der Waals surface area (Å²) in [5.41, 5.74) is 0.658. The van der Waals surface area contributed by atoms with Crippen LogP contribution in [0.3, 0.4) is 0 Å². The number of nitrogens with one attached hydrogen (secondary N) is 2. The van der Waals surface area contributed by atoms with Gasteiger partial charge in [-0.25, -0.2) is 9.38 Å². The minimum atomic E-state index is -0.205. The van der Waals surface area contributed by atoms with Crippen molar-refractivity contribution >= 4 is 11.9 Å². The van der Waals surface area contributed by atoms with Crippen LogP contribution >= 0.6 is 0 Å². The predicted molar refractivity (Wildman–Crippen MR) is 82.8 cm³/mol. The molecule has 0 saturated heterocycles. The quantitative estimate of drug-likeness (QED) is 0.608. The largest absolute Gasteiger partial charge is 0.357 e. The maximum atomic E-state index is 13.5. The Hall–Kier alpha value is -2.11. The molecule has 116 valence electrons. The van der Waals surface area contributed by atoms with Crippen molar-refractivity contribution < 1.29 is 9.18 Å². The number of nitrogens with zero attached hydrogens (tertiary/aromatic N) is 2. The number of hydrogen-bond donors (Lipinski definition) is 2. The van der Waals surface area contributed by atoms with Crippen LogP contribution in [0.25, 0.3) is 0 Å². The number of halogens is 1. The van der Waals surface area contributed by atoms with Gasteiger partial charge in [-0.1, -0.05) is 18.2 Å². The van der Waals surface area contributed by atoms with Gasteiger partial charge in [-0.2, -0.15) is 0 Å².